The van der Waals surface area contributed by atoms with E-state index >= 15 is 0 Å². The number of aliphatic hydroxyl groups is 2. The van der Waals surface area contributed by atoms with Crippen molar-refractivity contribution in [2.45, 2.75) is 63.9 Å². The summed E-state index contributed by atoms with van der Waals surface area (Å²) in [7, 11) is 0. The van der Waals surface area contributed by atoms with Crippen molar-refractivity contribution in [1.82, 2.24) is 0 Å². The van der Waals surface area contributed by atoms with E-state index in [1.165, 1.54) is 18.4 Å². The predicted molar refractivity (Wildman–Crippen MR) is 93.3 cm³/mol. The second-order valence-electron chi connectivity index (χ2n) is 8.81. The zero-order chi connectivity index (χ0) is 16.9. The maximum atomic E-state index is 11.8. The molecule has 0 unspecified atom stereocenters. The summed E-state index contributed by atoms with van der Waals surface area (Å²) in [5.41, 5.74) is 0.597. The monoisotopic (exact) mass is 330 g/mol. The lowest BCUT2D eigenvalue weighted by Gasteiger charge is -2.55. The summed E-state index contributed by atoms with van der Waals surface area (Å²) in [6.07, 6.45) is 13.7. The normalized spacial score (nSPS) is 48.0. The number of ketones is 1. The van der Waals surface area contributed by atoms with Crippen LogP contribution >= 0.6 is 0 Å². The fourth-order valence-corrected chi connectivity index (χ4v) is 6.75. The van der Waals surface area contributed by atoms with Gasteiger partial charge in [0.1, 0.15) is 0 Å². The number of carbonyl (C=O) groups excluding carboxylic acids is 1. The lowest BCUT2D eigenvalue weighted by molar-refractivity contribution is -0.116. The maximum absolute atomic E-state index is 11.8. The van der Waals surface area contributed by atoms with E-state index in [-0.39, 0.29) is 12.0 Å². The van der Waals surface area contributed by atoms with Gasteiger partial charge in [0.2, 0.25) is 0 Å². The molecule has 0 aliphatic heterocycles. The van der Waals surface area contributed by atoms with Crippen LogP contribution in [0, 0.1) is 29.1 Å². The summed E-state index contributed by atoms with van der Waals surface area (Å²) < 4.78 is 0. The quantitative estimate of drug-likeness (QED) is 0.763. The van der Waals surface area contributed by atoms with Gasteiger partial charge in [0.25, 0.3) is 0 Å². The molecule has 0 aromatic carbocycles. The number of hydrogen-bond donors (Lipinski definition) is 2. The highest BCUT2D eigenvalue weighted by atomic mass is 16.3. The molecule has 3 fully saturated rings. The first-order valence-electron chi connectivity index (χ1n) is 9.73. The van der Waals surface area contributed by atoms with Gasteiger partial charge in [-0.15, -0.1) is 0 Å². The second-order valence-corrected chi connectivity index (χ2v) is 8.81. The number of hydrogen-bond acceptors (Lipinski definition) is 3. The SMILES string of the molecule is C[C@]12CC[C@H]3[C@@H](CCC4=CC(=O)CC[C@@H]43)[C@@H]1CC[C@@]2(O)/C=C\CO. The Bertz CT molecular complexity index is 592. The predicted octanol–water partition coefficient (Wildman–Crippen LogP) is 3.41. The van der Waals surface area contributed by atoms with Gasteiger partial charge in [0.15, 0.2) is 5.78 Å². The number of carbonyl (C=O) groups is 1. The van der Waals surface area contributed by atoms with Crippen molar-refractivity contribution in [1.29, 1.82) is 0 Å². The Morgan fingerprint density at radius 2 is 2.00 bits per heavy atom. The minimum Gasteiger partial charge on any atom is -0.392 e. The van der Waals surface area contributed by atoms with Gasteiger partial charge in [-0.3, -0.25) is 4.79 Å². The summed E-state index contributed by atoms with van der Waals surface area (Å²) in [6.45, 7) is 2.28. The number of allylic oxidation sites excluding steroid dienone is 1. The first kappa shape index (κ1) is 16.5. The Morgan fingerprint density at radius 3 is 2.79 bits per heavy atom. The third-order valence-corrected chi connectivity index (χ3v) is 8.01. The fraction of sp³-hybridized carbons (Fsp3) is 0.762. The van der Waals surface area contributed by atoms with Crippen LogP contribution in [0.2, 0.25) is 0 Å². The van der Waals surface area contributed by atoms with Crippen LogP contribution in [0.5, 0.6) is 0 Å². The maximum Gasteiger partial charge on any atom is 0.155 e. The minimum atomic E-state index is -0.760. The summed E-state index contributed by atoms with van der Waals surface area (Å²) in [4.78, 5) is 11.8. The molecule has 3 saturated carbocycles. The molecule has 0 bridgehead atoms. The highest BCUT2D eigenvalue weighted by molar-refractivity contribution is 5.91. The van der Waals surface area contributed by atoms with Crippen molar-refractivity contribution >= 4 is 5.78 Å². The van der Waals surface area contributed by atoms with Crippen LogP contribution in [0.25, 0.3) is 0 Å². The standard InChI is InChI=1S/C21H30O3/c1-20-10-7-17-16-6-4-15(23)13-14(16)3-5-18(17)19(20)8-11-21(20,24)9-2-12-22/h2,9,13,16-19,22,24H,3-8,10-12H2,1H3/b9-2-/t16-,17+,18+,19-,20-,21-/m0/s1. The largest absolute Gasteiger partial charge is 0.392 e. The molecule has 2 N–H and O–H groups in total. The summed E-state index contributed by atoms with van der Waals surface area (Å²) in [6, 6.07) is 0. The summed E-state index contributed by atoms with van der Waals surface area (Å²) in [5, 5.41) is 20.4. The van der Waals surface area contributed by atoms with Crippen molar-refractivity contribution in [2.24, 2.45) is 29.1 Å². The van der Waals surface area contributed by atoms with Crippen LogP contribution in [0.15, 0.2) is 23.8 Å². The number of rotatable bonds is 2. The molecule has 4 aliphatic rings. The molecule has 0 saturated heterocycles. The van der Waals surface area contributed by atoms with E-state index in [1.807, 2.05) is 12.2 Å². The topological polar surface area (TPSA) is 57.5 Å². The van der Waals surface area contributed by atoms with Gasteiger partial charge in [-0.2, -0.15) is 0 Å². The van der Waals surface area contributed by atoms with E-state index in [0.717, 1.165) is 38.5 Å². The molecular weight excluding hydrogens is 300 g/mol. The molecule has 24 heavy (non-hydrogen) atoms. The Kier molecular flexibility index (Phi) is 4.00. The van der Waals surface area contributed by atoms with Crippen LogP contribution in [-0.4, -0.2) is 28.2 Å². The molecule has 0 aromatic heterocycles. The van der Waals surface area contributed by atoms with E-state index < -0.39 is 5.60 Å². The average molecular weight is 330 g/mol. The molecule has 6 atom stereocenters. The fourth-order valence-electron chi connectivity index (χ4n) is 6.75. The van der Waals surface area contributed by atoms with Crippen LogP contribution in [0.1, 0.15) is 58.3 Å². The molecule has 0 aromatic rings. The first-order chi connectivity index (χ1) is 11.5. The second kappa shape index (κ2) is 5.81. The van der Waals surface area contributed by atoms with Crippen molar-refractivity contribution < 1.29 is 15.0 Å². The van der Waals surface area contributed by atoms with Gasteiger partial charge in [-0.25, -0.2) is 0 Å². The Morgan fingerprint density at radius 1 is 1.17 bits per heavy atom. The number of aliphatic hydroxyl groups excluding tert-OH is 1. The smallest absolute Gasteiger partial charge is 0.155 e. The molecule has 0 spiro atoms. The van der Waals surface area contributed by atoms with Crippen LogP contribution in [0.4, 0.5) is 0 Å². The lowest BCUT2D eigenvalue weighted by Crippen LogP contribution is -2.52. The zero-order valence-corrected chi connectivity index (χ0v) is 14.7. The van der Waals surface area contributed by atoms with Crippen LogP contribution < -0.4 is 0 Å². The molecule has 3 heteroatoms. The molecule has 0 radical (unpaired) electrons. The van der Waals surface area contributed by atoms with Gasteiger partial charge in [0.05, 0.1) is 12.2 Å². The van der Waals surface area contributed by atoms with Gasteiger partial charge >= 0.3 is 0 Å². The van der Waals surface area contributed by atoms with Crippen molar-refractivity contribution in [3.05, 3.63) is 23.8 Å². The molecule has 0 heterocycles. The minimum absolute atomic E-state index is 0.000627. The van der Waals surface area contributed by atoms with Crippen LogP contribution in [0.3, 0.4) is 0 Å². The zero-order valence-electron chi connectivity index (χ0n) is 14.7. The van der Waals surface area contributed by atoms with Crippen molar-refractivity contribution in [3.63, 3.8) is 0 Å². The van der Waals surface area contributed by atoms with Crippen molar-refractivity contribution in [2.75, 3.05) is 6.61 Å². The van der Waals surface area contributed by atoms with E-state index in [2.05, 4.69) is 6.92 Å². The molecule has 4 rings (SSSR count). The van der Waals surface area contributed by atoms with Crippen LogP contribution in [-0.2, 0) is 4.79 Å². The van der Waals surface area contributed by atoms with Gasteiger partial charge in [0, 0.05) is 11.8 Å². The lowest BCUT2D eigenvalue weighted by atomic mass is 9.50. The van der Waals surface area contributed by atoms with E-state index in [9.17, 15) is 9.90 Å². The van der Waals surface area contributed by atoms with E-state index in [0.29, 0.717) is 29.5 Å². The van der Waals surface area contributed by atoms with Gasteiger partial charge in [-0.05, 0) is 74.7 Å². The average Bonchev–Trinajstić information content (AvgIpc) is 2.84. The third-order valence-electron chi connectivity index (χ3n) is 8.01. The highest BCUT2D eigenvalue weighted by Gasteiger charge is 2.61. The molecular formula is C21H30O3. The highest BCUT2D eigenvalue weighted by Crippen LogP contribution is 2.65. The van der Waals surface area contributed by atoms with Gasteiger partial charge < -0.3 is 10.2 Å². The Labute approximate surface area is 144 Å². The first-order valence-corrected chi connectivity index (χ1v) is 9.73. The van der Waals surface area contributed by atoms with E-state index in [1.54, 1.807) is 6.08 Å². The number of fused-ring (bicyclic) bond motifs is 5. The summed E-state index contributed by atoms with van der Waals surface area (Å²) in [5.74, 6) is 2.91. The molecule has 132 valence electrons. The molecule has 4 aliphatic carbocycles. The van der Waals surface area contributed by atoms with Gasteiger partial charge in [-0.1, -0.05) is 24.6 Å². The van der Waals surface area contributed by atoms with Crippen molar-refractivity contribution in [3.8, 4) is 0 Å². The Balaban J connectivity index is 1.61. The Hall–Kier alpha value is -0.930. The van der Waals surface area contributed by atoms with E-state index in [4.69, 9.17) is 5.11 Å². The molecule has 3 nitrogen and oxygen atoms in total. The summed E-state index contributed by atoms with van der Waals surface area (Å²) >= 11 is 0. The third kappa shape index (κ3) is 2.28. The molecule has 0 amide bonds.